The smallest absolute Gasteiger partial charge is 0.307 e. The molecule has 2 aromatic rings. The Bertz CT molecular complexity index is 1110. The molecule has 35 heavy (non-hydrogen) atoms. The van der Waals surface area contributed by atoms with Gasteiger partial charge in [0, 0.05) is 37.4 Å². The monoisotopic (exact) mass is 479 g/mol. The van der Waals surface area contributed by atoms with Crippen molar-refractivity contribution in [2.24, 2.45) is 5.92 Å². The second-order valence-corrected chi connectivity index (χ2v) is 9.65. The zero-order chi connectivity index (χ0) is 24.4. The van der Waals surface area contributed by atoms with Gasteiger partial charge in [-0.05, 0) is 62.1 Å². The first-order valence-electron chi connectivity index (χ1n) is 12.4. The molecule has 0 bridgehead atoms. The molecule has 7 nitrogen and oxygen atoms in total. The van der Waals surface area contributed by atoms with Gasteiger partial charge in [0.1, 0.15) is 11.4 Å². The number of ether oxygens (including phenoxy) is 1. The van der Waals surface area contributed by atoms with Crippen LogP contribution in [-0.4, -0.2) is 54.5 Å². The van der Waals surface area contributed by atoms with Crippen LogP contribution in [0.15, 0.2) is 48.5 Å². The lowest BCUT2D eigenvalue weighted by molar-refractivity contribution is -0.153. The molecule has 8 heteroatoms. The molecule has 2 aliphatic heterocycles. The van der Waals surface area contributed by atoms with E-state index in [1.165, 1.54) is 6.07 Å². The van der Waals surface area contributed by atoms with E-state index in [2.05, 4.69) is 5.32 Å². The van der Waals surface area contributed by atoms with Gasteiger partial charge in [0.2, 0.25) is 5.91 Å². The number of piperazine rings is 1. The Kier molecular flexibility index (Phi) is 6.45. The highest BCUT2D eigenvalue weighted by atomic mass is 19.1. The van der Waals surface area contributed by atoms with E-state index >= 15 is 0 Å². The Labute approximate surface area is 204 Å². The maximum Gasteiger partial charge on any atom is 0.307 e. The lowest BCUT2D eigenvalue weighted by atomic mass is 9.75. The fraction of sp³-hybridized carbons (Fsp3) is 0.444. The molecule has 1 spiro atoms. The highest BCUT2D eigenvalue weighted by Gasteiger charge is 2.52. The number of halogens is 1. The summed E-state index contributed by atoms with van der Waals surface area (Å²) in [7, 11) is 0. The quantitative estimate of drug-likeness (QED) is 0.671. The zero-order valence-corrected chi connectivity index (χ0v) is 19.7. The summed E-state index contributed by atoms with van der Waals surface area (Å²) < 4.78 is 19.7. The van der Waals surface area contributed by atoms with Crippen molar-refractivity contribution < 1.29 is 23.5 Å². The summed E-state index contributed by atoms with van der Waals surface area (Å²) >= 11 is 0. The number of rotatable bonds is 4. The van der Waals surface area contributed by atoms with Crippen molar-refractivity contribution in [1.82, 2.24) is 4.90 Å². The lowest BCUT2D eigenvalue weighted by Gasteiger charge is -2.36. The first kappa shape index (κ1) is 23.3. The predicted molar refractivity (Wildman–Crippen MR) is 130 cm³/mol. The molecule has 0 aromatic heterocycles. The number of hydrogen-bond donors (Lipinski definition) is 1. The number of carbonyl (C=O) groups is 3. The van der Waals surface area contributed by atoms with E-state index in [1.807, 2.05) is 11.0 Å². The molecule has 1 unspecified atom stereocenters. The van der Waals surface area contributed by atoms with E-state index in [0.717, 1.165) is 32.1 Å². The van der Waals surface area contributed by atoms with E-state index < -0.39 is 11.5 Å². The summed E-state index contributed by atoms with van der Waals surface area (Å²) in [4.78, 5) is 41.7. The molecule has 5 rings (SSSR count). The van der Waals surface area contributed by atoms with Crippen LogP contribution in [-0.2, 0) is 14.3 Å². The van der Waals surface area contributed by atoms with Crippen LogP contribution in [0.3, 0.4) is 0 Å². The third-order valence-electron chi connectivity index (χ3n) is 7.50. The van der Waals surface area contributed by atoms with E-state index in [-0.39, 0.29) is 30.0 Å². The minimum atomic E-state index is -0.667. The molecule has 2 saturated heterocycles. The summed E-state index contributed by atoms with van der Waals surface area (Å²) in [5, 5.41) is 2.91. The van der Waals surface area contributed by atoms with Crippen molar-refractivity contribution in [2.75, 3.05) is 36.4 Å². The predicted octanol–water partition coefficient (Wildman–Crippen LogP) is 3.99. The molecule has 3 aliphatic rings. The normalized spacial score (nSPS) is 21.6. The Morgan fingerprint density at radius 1 is 0.943 bits per heavy atom. The first-order chi connectivity index (χ1) is 16.9. The average Bonchev–Trinajstić information content (AvgIpc) is 3.20. The third-order valence-corrected chi connectivity index (χ3v) is 7.50. The van der Waals surface area contributed by atoms with Gasteiger partial charge in [-0.1, -0.05) is 18.6 Å². The van der Waals surface area contributed by atoms with E-state index in [0.29, 0.717) is 43.1 Å². The SMILES string of the molecule is O=C1CC(C(=O)Nc2ccc(C(=O)N3CCN(c4ccccc4F)CC3)cc2)C2(CCCCC2)O1. The molecule has 1 aliphatic carbocycles. The second-order valence-electron chi connectivity index (χ2n) is 9.65. The minimum Gasteiger partial charge on any atom is -0.458 e. The Morgan fingerprint density at radius 3 is 2.31 bits per heavy atom. The summed E-state index contributed by atoms with van der Waals surface area (Å²) in [5.41, 5.74) is 1.01. The van der Waals surface area contributed by atoms with Gasteiger partial charge >= 0.3 is 5.97 Å². The number of nitrogens with zero attached hydrogens (tertiary/aromatic N) is 2. The Balaban J connectivity index is 1.18. The zero-order valence-electron chi connectivity index (χ0n) is 19.7. The van der Waals surface area contributed by atoms with Crippen LogP contribution < -0.4 is 10.2 Å². The van der Waals surface area contributed by atoms with Crippen molar-refractivity contribution in [1.29, 1.82) is 0 Å². The number of amides is 2. The molecule has 1 saturated carbocycles. The van der Waals surface area contributed by atoms with Crippen molar-refractivity contribution in [3.63, 3.8) is 0 Å². The van der Waals surface area contributed by atoms with Gasteiger partial charge in [-0.3, -0.25) is 14.4 Å². The Hall–Kier alpha value is -3.42. The number of hydrogen-bond acceptors (Lipinski definition) is 5. The molecule has 1 atom stereocenters. The highest BCUT2D eigenvalue weighted by Crippen LogP contribution is 2.44. The van der Waals surface area contributed by atoms with Crippen molar-refractivity contribution in [3.8, 4) is 0 Å². The van der Waals surface area contributed by atoms with Gasteiger partial charge in [-0.2, -0.15) is 0 Å². The van der Waals surface area contributed by atoms with Gasteiger partial charge < -0.3 is 19.9 Å². The molecule has 0 radical (unpaired) electrons. The maximum atomic E-state index is 14.1. The first-order valence-corrected chi connectivity index (χ1v) is 12.4. The van der Waals surface area contributed by atoms with Gasteiger partial charge in [-0.15, -0.1) is 0 Å². The molecule has 3 fully saturated rings. The molecule has 184 valence electrons. The van der Waals surface area contributed by atoms with E-state index in [4.69, 9.17) is 4.74 Å². The number of nitrogens with one attached hydrogen (secondary N) is 1. The number of carbonyl (C=O) groups excluding carboxylic acids is 3. The van der Waals surface area contributed by atoms with Gasteiger partial charge in [0.25, 0.3) is 5.91 Å². The van der Waals surface area contributed by atoms with E-state index in [9.17, 15) is 18.8 Å². The molecule has 1 N–H and O–H groups in total. The fourth-order valence-electron chi connectivity index (χ4n) is 5.59. The van der Waals surface area contributed by atoms with Crippen LogP contribution in [0, 0.1) is 11.7 Å². The molecule has 2 aromatic carbocycles. The van der Waals surface area contributed by atoms with Crippen molar-refractivity contribution in [3.05, 3.63) is 59.9 Å². The largest absolute Gasteiger partial charge is 0.458 e. The highest BCUT2D eigenvalue weighted by molar-refractivity contribution is 5.98. The number of anilines is 2. The van der Waals surface area contributed by atoms with Crippen molar-refractivity contribution in [2.45, 2.75) is 44.1 Å². The molecule has 2 amide bonds. The summed E-state index contributed by atoms with van der Waals surface area (Å²) in [6.07, 6.45) is 4.59. The standard InChI is InChI=1S/C27H30FN3O4/c28-22-6-2-3-7-23(22)30-14-16-31(17-15-30)26(34)19-8-10-20(11-9-19)29-25(33)21-18-24(32)35-27(21)12-4-1-5-13-27/h2-3,6-11,21H,1,4-5,12-18H2,(H,29,33). The average molecular weight is 480 g/mol. The molecular weight excluding hydrogens is 449 g/mol. The van der Waals surface area contributed by atoms with Gasteiger partial charge in [-0.25, -0.2) is 4.39 Å². The summed E-state index contributed by atoms with van der Waals surface area (Å²) in [6.45, 7) is 2.13. The van der Waals surface area contributed by atoms with Crippen molar-refractivity contribution >= 4 is 29.2 Å². The van der Waals surface area contributed by atoms with Crippen LogP contribution in [0.2, 0.25) is 0 Å². The van der Waals surface area contributed by atoms with Crippen LogP contribution in [0.5, 0.6) is 0 Å². The van der Waals surface area contributed by atoms with Crippen LogP contribution in [0.25, 0.3) is 0 Å². The topological polar surface area (TPSA) is 79.0 Å². The third kappa shape index (κ3) is 4.74. The van der Waals surface area contributed by atoms with Crippen LogP contribution in [0.1, 0.15) is 48.9 Å². The van der Waals surface area contributed by atoms with Gasteiger partial charge in [0.05, 0.1) is 18.0 Å². The van der Waals surface area contributed by atoms with Crippen LogP contribution >= 0.6 is 0 Å². The van der Waals surface area contributed by atoms with E-state index in [1.54, 1.807) is 41.3 Å². The molecular formula is C27H30FN3O4. The maximum absolute atomic E-state index is 14.1. The summed E-state index contributed by atoms with van der Waals surface area (Å²) in [5.74, 6) is -1.34. The number of esters is 1. The minimum absolute atomic E-state index is 0.0907. The molecule has 2 heterocycles. The Morgan fingerprint density at radius 2 is 1.63 bits per heavy atom. The second kappa shape index (κ2) is 9.68. The number of benzene rings is 2. The van der Waals surface area contributed by atoms with Crippen LogP contribution in [0.4, 0.5) is 15.8 Å². The fourth-order valence-corrected chi connectivity index (χ4v) is 5.59. The lowest BCUT2D eigenvalue weighted by Crippen LogP contribution is -2.49. The summed E-state index contributed by atoms with van der Waals surface area (Å²) in [6, 6.07) is 13.5. The van der Waals surface area contributed by atoms with Gasteiger partial charge in [0.15, 0.2) is 0 Å². The number of para-hydroxylation sites is 1.